The number of ether oxygens (including phenoxy) is 2. The molecule has 0 unspecified atom stereocenters. The second kappa shape index (κ2) is 5.96. The van der Waals surface area contributed by atoms with Crippen LogP contribution in [0, 0.1) is 11.6 Å². The fraction of sp³-hybridized carbons (Fsp3) is 0.167. The summed E-state index contributed by atoms with van der Waals surface area (Å²) >= 11 is 0. The van der Waals surface area contributed by atoms with Crippen molar-refractivity contribution in [1.29, 1.82) is 0 Å². The Morgan fingerprint density at radius 3 is 2.17 bits per heavy atom. The van der Waals surface area contributed by atoms with Gasteiger partial charge in [0.1, 0.15) is 23.1 Å². The Bertz CT molecular complexity index is 975. The molecule has 3 aromatic rings. The second-order valence-electron chi connectivity index (χ2n) is 5.34. The molecule has 0 radical (unpaired) electrons. The molecule has 0 N–H and O–H groups in total. The molecule has 2 aromatic carbocycles. The highest BCUT2D eigenvalue weighted by Gasteiger charge is 2.16. The van der Waals surface area contributed by atoms with Crippen LogP contribution < -0.4 is 15.0 Å². The van der Waals surface area contributed by atoms with Gasteiger partial charge in [0.2, 0.25) is 0 Å². The molecule has 1 aromatic heterocycles. The highest BCUT2D eigenvalue weighted by molar-refractivity contribution is 6.00. The Balaban J connectivity index is 2.48. The number of aromatic nitrogens is 1. The Morgan fingerprint density at radius 2 is 1.58 bits per heavy atom. The molecule has 24 heavy (non-hydrogen) atoms. The normalized spacial score (nSPS) is 10.9. The molecule has 0 amide bonds. The summed E-state index contributed by atoms with van der Waals surface area (Å²) in [6, 6.07) is 7.82. The first-order chi connectivity index (χ1) is 11.4. The lowest BCUT2D eigenvalue weighted by Crippen LogP contribution is -2.16. The summed E-state index contributed by atoms with van der Waals surface area (Å²) in [5, 5.41) is 0.574. The molecular formula is C18H15F2NO3. The van der Waals surface area contributed by atoms with Gasteiger partial charge in [-0.1, -0.05) is 0 Å². The number of methoxy groups -OCH3 is 2. The summed E-state index contributed by atoms with van der Waals surface area (Å²) in [7, 11) is 4.60. The molecule has 0 atom stereocenters. The van der Waals surface area contributed by atoms with Crippen LogP contribution in [0.15, 0.2) is 41.2 Å². The smallest absolute Gasteiger partial charge is 0.251 e. The van der Waals surface area contributed by atoms with Crippen molar-refractivity contribution < 1.29 is 18.3 Å². The highest BCUT2D eigenvalue weighted by atomic mass is 19.1. The Hall–Kier alpha value is -2.89. The number of benzene rings is 2. The molecule has 0 bridgehead atoms. The van der Waals surface area contributed by atoms with Crippen LogP contribution in [0.2, 0.25) is 0 Å². The Kier molecular flexibility index (Phi) is 3.97. The van der Waals surface area contributed by atoms with E-state index in [0.29, 0.717) is 28.0 Å². The van der Waals surface area contributed by atoms with Crippen LogP contribution in [-0.4, -0.2) is 18.8 Å². The van der Waals surface area contributed by atoms with Crippen molar-refractivity contribution >= 4 is 10.9 Å². The van der Waals surface area contributed by atoms with Crippen LogP contribution >= 0.6 is 0 Å². The maximum Gasteiger partial charge on any atom is 0.251 e. The topological polar surface area (TPSA) is 40.5 Å². The molecule has 0 saturated carbocycles. The average Bonchev–Trinajstić information content (AvgIpc) is 2.56. The van der Waals surface area contributed by atoms with Gasteiger partial charge in [0.05, 0.1) is 19.7 Å². The lowest BCUT2D eigenvalue weighted by atomic mass is 9.99. The van der Waals surface area contributed by atoms with E-state index in [1.54, 1.807) is 19.2 Å². The first-order valence-corrected chi connectivity index (χ1v) is 7.17. The summed E-state index contributed by atoms with van der Waals surface area (Å²) in [5.41, 5.74) is 0.889. The molecule has 6 heteroatoms. The van der Waals surface area contributed by atoms with Crippen LogP contribution in [-0.2, 0) is 7.05 Å². The summed E-state index contributed by atoms with van der Waals surface area (Å²) < 4.78 is 39.3. The van der Waals surface area contributed by atoms with Gasteiger partial charge >= 0.3 is 0 Å². The van der Waals surface area contributed by atoms with E-state index in [9.17, 15) is 13.6 Å². The largest absolute Gasteiger partial charge is 0.497 e. The van der Waals surface area contributed by atoms with E-state index in [1.807, 2.05) is 0 Å². The van der Waals surface area contributed by atoms with Gasteiger partial charge in [-0.25, -0.2) is 8.78 Å². The standard InChI is InChI=1S/C18H15F2NO3/c1-21-15-7-13(23-2)8-16(24-3)18(15)14(9-17(21)22)10-4-11(19)6-12(20)5-10/h4-9H,1-3H3. The molecule has 124 valence electrons. The van der Waals surface area contributed by atoms with E-state index in [-0.39, 0.29) is 11.1 Å². The Labute approximate surface area is 136 Å². The van der Waals surface area contributed by atoms with Crippen molar-refractivity contribution in [3.05, 3.63) is 58.4 Å². The van der Waals surface area contributed by atoms with E-state index in [0.717, 1.165) is 6.07 Å². The lowest BCUT2D eigenvalue weighted by molar-refractivity contribution is 0.397. The Morgan fingerprint density at radius 1 is 0.917 bits per heavy atom. The van der Waals surface area contributed by atoms with Crippen molar-refractivity contribution in [3.8, 4) is 22.6 Å². The lowest BCUT2D eigenvalue weighted by Gasteiger charge is -2.15. The van der Waals surface area contributed by atoms with E-state index in [1.165, 1.54) is 37.0 Å². The third-order valence-corrected chi connectivity index (χ3v) is 3.91. The van der Waals surface area contributed by atoms with Gasteiger partial charge in [0.15, 0.2) is 0 Å². The van der Waals surface area contributed by atoms with Crippen molar-refractivity contribution in [2.75, 3.05) is 14.2 Å². The summed E-state index contributed by atoms with van der Waals surface area (Å²) in [6.07, 6.45) is 0. The van der Waals surface area contributed by atoms with Crippen LogP contribution in [0.4, 0.5) is 8.78 Å². The second-order valence-corrected chi connectivity index (χ2v) is 5.34. The first-order valence-electron chi connectivity index (χ1n) is 7.17. The van der Waals surface area contributed by atoms with E-state index >= 15 is 0 Å². The van der Waals surface area contributed by atoms with Gasteiger partial charge < -0.3 is 14.0 Å². The number of hydrogen-bond donors (Lipinski definition) is 0. The van der Waals surface area contributed by atoms with Crippen molar-refractivity contribution in [3.63, 3.8) is 0 Å². The monoisotopic (exact) mass is 331 g/mol. The van der Waals surface area contributed by atoms with E-state index in [4.69, 9.17) is 9.47 Å². The number of fused-ring (bicyclic) bond motifs is 1. The molecule has 1 heterocycles. The number of aryl methyl sites for hydroxylation is 1. The van der Waals surface area contributed by atoms with Crippen LogP contribution in [0.3, 0.4) is 0 Å². The maximum absolute atomic E-state index is 13.6. The third kappa shape index (κ3) is 2.60. The predicted octanol–water partition coefficient (Wildman–Crippen LogP) is 3.50. The molecule has 0 aliphatic heterocycles. The summed E-state index contributed by atoms with van der Waals surface area (Å²) in [5.74, 6) is -0.478. The highest BCUT2D eigenvalue weighted by Crippen LogP contribution is 2.37. The van der Waals surface area contributed by atoms with Crippen molar-refractivity contribution in [1.82, 2.24) is 4.57 Å². The fourth-order valence-electron chi connectivity index (χ4n) is 2.74. The van der Waals surface area contributed by atoms with Gasteiger partial charge in [-0.2, -0.15) is 0 Å². The maximum atomic E-state index is 13.6. The van der Waals surface area contributed by atoms with Gasteiger partial charge in [-0.05, 0) is 17.7 Å². The molecule has 4 nitrogen and oxygen atoms in total. The van der Waals surface area contributed by atoms with Crippen LogP contribution in [0.5, 0.6) is 11.5 Å². The molecule has 0 spiro atoms. The minimum absolute atomic E-state index is 0.263. The van der Waals surface area contributed by atoms with Crippen molar-refractivity contribution in [2.45, 2.75) is 0 Å². The number of hydrogen-bond acceptors (Lipinski definition) is 3. The van der Waals surface area contributed by atoms with Crippen LogP contribution in [0.25, 0.3) is 22.0 Å². The number of rotatable bonds is 3. The average molecular weight is 331 g/mol. The van der Waals surface area contributed by atoms with E-state index < -0.39 is 11.6 Å². The zero-order valence-corrected chi connectivity index (χ0v) is 13.4. The summed E-state index contributed by atoms with van der Waals surface area (Å²) in [4.78, 5) is 12.3. The van der Waals surface area contributed by atoms with Crippen molar-refractivity contribution in [2.24, 2.45) is 7.05 Å². The molecule has 0 fully saturated rings. The number of halogens is 2. The zero-order chi connectivity index (χ0) is 17.4. The molecule has 0 saturated heterocycles. The molecule has 0 aliphatic rings. The predicted molar refractivity (Wildman–Crippen MR) is 87.6 cm³/mol. The quantitative estimate of drug-likeness (QED) is 0.737. The van der Waals surface area contributed by atoms with Gasteiger partial charge in [0.25, 0.3) is 5.56 Å². The van der Waals surface area contributed by atoms with Gasteiger partial charge in [-0.15, -0.1) is 0 Å². The molecule has 0 aliphatic carbocycles. The van der Waals surface area contributed by atoms with Crippen LogP contribution in [0.1, 0.15) is 0 Å². The summed E-state index contributed by atoms with van der Waals surface area (Å²) in [6.45, 7) is 0. The fourth-order valence-corrected chi connectivity index (χ4v) is 2.74. The molecular weight excluding hydrogens is 316 g/mol. The van der Waals surface area contributed by atoms with E-state index in [2.05, 4.69) is 0 Å². The SMILES string of the molecule is COc1cc(OC)c2c(-c3cc(F)cc(F)c3)cc(=O)n(C)c2c1. The minimum Gasteiger partial charge on any atom is -0.497 e. The third-order valence-electron chi connectivity index (χ3n) is 3.91. The van der Waals surface area contributed by atoms with Gasteiger partial charge in [0, 0.05) is 42.3 Å². The minimum atomic E-state index is -0.716. The number of nitrogens with zero attached hydrogens (tertiary/aromatic N) is 1. The van der Waals surface area contributed by atoms with Gasteiger partial charge in [-0.3, -0.25) is 4.79 Å². The first kappa shape index (κ1) is 16.0. The number of pyridine rings is 1. The zero-order valence-electron chi connectivity index (χ0n) is 13.4. The molecule has 3 rings (SSSR count).